The molecule has 3 rings (SSSR count). The van der Waals surface area contributed by atoms with Crippen molar-refractivity contribution in [3.05, 3.63) is 46.7 Å². The van der Waals surface area contributed by atoms with Crippen LogP contribution < -0.4 is 0 Å². The van der Waals surface area contributed by atoms with E-state index in [1.165, 1.54) is 12.0 Å². The summed E-state index contributed by atoms with van der Waals surface area (Å²) in [5.41, 5.74) is 1.95. The molecule has 1 aliphatic rings. The fourth-order valence-electron chi connectivity index (χ4n) is 2.95. The van der Waals surface area contributed by atoms with Gasteiger partial charge in [-0.25, -0.2) is 4.68 Å². The number of hydrogen-bond acceptors (Lipinski definition) is 4. The van der Waals surface area contributed by atoms with Gasteiger partial charge in [0.1, 0.15) is 5.69 Å². The number of aromatic nitrogens is 3. The molecule has 0 bridgehead atoms. The van der Waals surface area contributed by atoms with Crippen LogP contribution in [0, 0.1) is 0 Å². The van der Waals surface area contributed by atoms with Crippen LogP contribution in [0.25, 0.3) is 0 Å². The van der Waals surface area contributed by atoms with Crippen LogP contribution in [0.1, 0.15) is 30.1 Å². The van der Waals surface area contributed by atoms with E-state index in [-0.39, 0.29) is 6.61 Å². The summed E-state index contributed by atoms with van der Waals surface area (Å²) in [5.74, 6) is 0. The van der Waals surface area contributed by atoms with E-state index in [4.69, 9.17) is 16.7 Å². The number of piperidine rings is 1. The van der Waals surface area contributed by atoms with Crippen molar-refractivity contribution in [3.8, 4) is 0 Å². The van der Waals surface area contributed by atoms with E-state index in [1.54, 1.807) is 0 Å². The second kappa shape index (κ2) is 7.22. The van der Waals surface area contributed by atoms with Gasteiger partial charge >= 0.3 is 0 Å². The van der Waals surface area contributed by atoms with Gasteiger partial charge in [-0.15, -0.1) is 5.10 Å². The normalized spacial score (nSPS) is 19.5. The number of aliphatic hydroxyl groups excluding tert-OH is 1. The molecule has 1 aromatic heterocycles. The summed E-state index contributed by atoms with van der Waals surface area (Å²) in [6.45, 7) is 3.11. The molecule has 1 aliphatic heterocycles. The van der Waals surface area contributed by atoms with E-state index in [0.717, 1.165) is 37.5 Å². The molecule has 1 atom stereocenters. The van der Waals surface area contributed by atoms with Crippen LogP contribution in [0.4, 0.5) is 0 Å². The minimum atomic E-state index is -0.0486. The molecule has 1 fully saturated rings. The standard InChI is InChI=1S/C16H21ClN4O/c17-14-5-3-13(4-6-14)7-9-20-8-1-2-16(11-20)21-10-15(12-22)18-19-21/h3-6,10,16,22H,1-2,7-9,11-12H2. The Hall–Kier alpha value is -1.43. The summed E-state index contributed by atoms with van der Waals surface area (Å²) >= 11 is 5.92. The highest BCUT2D eigenvalue weighted by molar-refractivity contribution is 6.30. The van der Waals surface area contributed by atoms with Crippen LogP contribution in [-0.2, 0) is 13.0 Å². The van der Waals surface area contributed by atoms with Gasteiger partial charge in [0, 0.05) is 18.1 Å². The molecule has 2 heterocycles. The van der Waals surface area contributed by atoms with Crippen molar-refractivity contribution in [2.45, 2.75) is 31.9 Å². The number of benzene rings is 1. The van der Waals surface area contributed by atoms with Gasteiger partial charge in [-0.05, 0) is 43.5 Å². The summed E-state index contributed by atoms with van der Waals surface area (Å²) in [6, 6.07) is 8.43. The maximum absolute atomic E-state index is 9.10. The predicted molar refractivity (Wildman–Crippen MR) is 85.8 cm³/mol. The zero-order valence-electron chi connectivity index (χ0n) is 12.5. The quantitative estimate of drug-likeness (QED) is 0.918. The predicted octanol–water partition coefficient (Wildman–Crippen LogP) is 2.30. The molecular weight excluding hydrogens is 300 g/mol. The lowest BCUT2D eigenvalue weighted by molar-refractivity contribution is 0.170. The highest BCUT2D eigenvalue weighted by Gasteiger charge is 2.22. The zero-order valence-corrected chi connectivity index (χ0v) is 13.3. The number of likely N-dealkylation sites (tertiary alicyclic amines) is 1. The lowest BCUT2D eigenvalue weighted by atomic mass is 10.0. The molecule has 0 radical (unpaired) electrons. The summed E-state index contributed by atoms with van der Waals surface area (Å²) < 4.78 is 1.90. The number of nitrogens with zero attached hydrogens (tertiary/aromatic N) is 4. The number of aliphatic hydroxyl groups is 1. The van der Waals surface area contributed by atoms with Gasteiger partial charge in [-0.2, -0.15) is 0 Å². The summed E-state index contributed by atoms with van der Waals surface area (Å²) in [5, 5.41) is 18.0. The van der Waals surface area contributed by atoms with Crippen molar-refractivity contribution in [1.29, 1.82) is 0 Å². The molecule has 0 spiro atoms. The molecule has 1 aromatic carbocycles. The van der Waals surface area contributed by atoms with E-state index in [1.807, 2.05) is 23.0 Å². The Morgan fingerprint density at radius 3 is 2.82 bits per heavy atom. The maximum Gasteiger partial charge on any atom is 0.108 e. The Bertz CT molecular complexity index is 598. The van der Waals surface area contributed by atoms with E-state index in [9.17, 15) is 0 Å². The highest BCUT2D eigenvalue weighted by atomic mass is 35.5. The van der Waals surface area contributed by atoms with E-state index in [0.29, 0.717) is 11.7 Å². The number of hydrogen-bond donors (Lipinski definition) is 1. The number of rotatable bonds is 5. The molecule has 0 saturated carbocycles. The van der Waals surface area contributed by atoms with E-state index >= 15 is 0 Å². The Balaban J connectivity index is 1.55. The first-order valence-electron chi connectivity index (χ1n) is 7.73. The van der Waals surface area contributed by atoms with Gasteiger partial charge in [0.05, 0.1) is 18.8 Å². The third-order valence-corrected chi connectivity index (χ3v) is 4.46. The molecule has 0 aliphatic carbocycles. The van der Waals surface area contributed by atoms with Crippen molar-refractivity contribution in [2.24, 2.45) is 0 Å². The van der Waals surface area contributed by atoms with Crippen molar-refractivity contribution in [2.75, 3.05) is 19.6 Å². The lowest BCUT2D eigenvalue weighted by Crippen LogP contribution is -2.38. The third kappa shape index (κ3) is 3.85. The largest absolute Gasteiger partial charge is 0.390 e. The van der Waals surface area contributed by atoms with Gasteiger partial charge in [0.15, 0.2) is 0 Å². The van der Waals surface area contributed by atoms with Gasteiger partial charge in [0.25, 0.3) is 0 Å². The first-order chi connectivity index (χ1) is 10.7. The fraction of sp³-hybridized carbons (Fsp3) is 0.500. The topological polar surface area (TPSA) is 54.2 Å². The molecule has 1 saturated heterocycles. The molecule has 22 heavy (non-hydrogen) atoms. The highest BCUT2D eigenvalue weighted by Crippen LogP contribution is 2.21. The van der Waals surface area contributed by atoms with Crippen LogP contribution in [0.15, 0.2) is 30.5 Å². The van der Waals surface area contributed by atoms with Crippen LogP contribution >= 0.6 is 11.6 Å². The Kier molecular flexibility index (Phi) is 5.08. The van der Waals surface area contributed by atoms with E-state index < -0.39 is 0 Å². The lowest BCUT2D eigenvalue weighted by Gasteiger charge is -2.32. The first-order valence-corrected chi connectivity index (χ1v) is 8.11. The summed E-state index contributed by atoms with van der Waals surface area (Å²) in [4.78, 5) is 2.48. The second-order valence-corrected chi connectivity index (χ2v) is 6.26. The summed E-state index contributed by atoms with van der Waals surface area (Å²) in [6.07, 6.45) is 5.17. The monoisotopic (exact) mass is 320 g/mol. The first kappa shape index (κ1) is 15.5. The van der Waals surface area contributed by atoms with E-state index in [2.05, 4.69) is 27.3 Å². The van der Waals surface area contributed by atoms with Crippen molar-refractivity contribution >= 4 is 11.6 Å². The van der Waals surface area contributed by atoms with Gasteiger partial charge < -0.3 is 10.0 Å². The molecule has 1 N–H and O–H groups in total. The van der Waals surface area contributed by atoms with Gasteiger partial charge in [-0.3, -0.25) is 0 Å². The Labute approximate surface area is 135 Å². The molecule has 6 heteroatoms. The third-order valence-electron chi connectivity index (χ3n) is 4.20. The zero-order chi connectivity index (χ0) is 15.4. The Morgan fingerprint density at radius 1 is 1.27 bits per heavy atom. The summed E-state index contributed by atoms with van der Waals surface area (Å²) in [7, 11) is 0. The SMILES string of the molecule is OCc1cn(C2CCCN(CCc3ccc(Cl)cc3)C2)nn1. The van der Waals surface area contributed by atoms with Gasteiger partial charge in [-0.1, -0.05) is 28.9 Å². The van der Waals surface area contributed by atoms with Crippen LogP contribution in [0.5, 0.6) is 0 Å². The molecule has 5 nitrogen and oxygen atoms in total. The molecular formula is C16H21ClN4O. The maximum atomic E-state index is 9.10. The average molecular weight is 321 g/mol. The van der Waals surface area contributed by atoms with Crippen LogP contribution in [0.2, 0.25) is 5.02 Å². The Morgan fingerprint density at radius 2 is 2.09 bits per heavy atom. The van der Waals surface area contributed by atoms with Crippen molar-refractivity contribution in [1.82, 2.24) is 19.9 Å². The van der Waals surface area contributed by atoms with Crippen LogP contribution in [-0.4, -0.2) is 44.6 Å². The minimum Gasteiger partial charge on any atom is -0.390 e. The fourth-order valence-corrected chi connectivity index (χ4v) is 3.08. The minimum absolute atomic E-state index is 0.0486. The average Bonchev–Trinajstić information content (AvgIpc) is 3.04. The molecule has 118 valence electrons. The second-order valence-electron chi connectivity index (χ2n) is 5.82. The smallest absolute Gasteiger partial charge is 0.108 e. The van der Waals surface area contributed by atoms with Crippen LogP contribution in [0.3, 0.4) is 0 Å². The van der Waals surface area contributed by atoms with Crippen molar-refractivity contribution < 1.29 is 5.11 Å². The molecule has 2 aromatic rings. The van der Waals surface area contributed by atoms with Crippen molar-refractivity contribution in [3.63, 3.8) is 0 Å². The molecule has 0 amide bonds. The van der Waals surface area contributed by atoms with Gasteiger partial charge in [0.2, 0.25) is 0 Å². The number of halogens is 1. The molecule has 1 unspecified atom stereocenters.